The number of nitrogens with one attached hydrogen (secondary N) is 1. The van der Waals surface area contributed by atoms with Crippen molar-refractivity contribution in [2.75, 3.05) is 38.2 Å². The number of nitrogens with two attached hydrogens (primary N) is 1. The van der Waals surface area contributed by atoms with Gasteiger partial charge in [-0.3, -0.25) is 9.89 Å². The molecule has 1 atom stereocenters. The van der Waals surface area contributed by atoms with E-state index >= 15 is 0 Å². The summed E-state index contributed by atoms with van der Waals surface area (Å²) in [6.45, 7) is 2.80. The molecule has 0 bridgehead atoms. The molecule has 3 rings (SSSR count). The van der Waals surface area contributed by atoms with Gasteiger partial charge in [-0.2, -0.15) is 0 Å². The monoisotopic (exact) mass is 426 g/mol. The average Bonchev–Trinajstić information content (AvgIpc) is 2.69. The molecule has 30 heavy (non-hydrogen) atoms. The molecule has 0 aromatic heterocycles. The molecule has 0 aliphatic carbocycles. The van der Waals surface area contributed by atoms with Crippen LogP contribution in [-0.4, -0.2) is 50.1 Å². The molecule has 0 radical (unpaired) electrons. The van der Waals surface area contributed by atoms with Crippen molar-refractivity contribution in [1.82, 2.24) is 4.90 Å². The fraction of sp³-hybridized carbons (Fsp3) is 0.350. The van der Waals surface area contributed by atoms with Gasteiger partial charge in [0, 0.05) is 18.8 Å². The van der Waals surface area contributed by atoms with Gasteiger partial charge in [0.1, 0.15) is 11.6 Å². The first-order chi connectivity index (χ1) is 14.3. The van der Waals surface area contributed by atoms with Crippen molar-refractivity contribution in [2.45, 2.75) is 12.4 Å². The van der Waals surface area contributed by atoms with Crippen LogP contribution < -0.4 is 15.8 Å². The molecular formula is C20H22F4N4O2. The molecule has 2 aromatic carbocycles. The number of anilines is 1. The van der Waals surface area contributed by atoms with Crippen molar-refractivity contribution in [3.63, 3.8) is 0 Å². The van der Waals surface area contributed by atoms with E-state index in [-0.39, 0.29) is 30.1 Å². The largest absolute Gasteiger partial charge is 0.573 e. The van der Waals surface area contributed by atoms with E-state index in [9.17, 15) is 17.6 Å². The van der Waals surface area contributed by atoms with Gasteiger partial charge in [-0.15, -0.1) is 13.2 Å². The highest BCUT2D eigenvalue weighted by Gasteiger charge is 2.31. The third kappa shape index (κ3) is 6.60. The third-order valence-corrected chi connectivity index (χ3v) is 4.51. The molecule has 1 aliphatic heterocycles. The van der Waals surface area contributed by atoms with Crippen LogP contribution in [0, 0.1) is 5.82 Å². The normalized spacial score (nSPS) is 16.9. The van der Waals surface area contributed by atoms with E-state index in [0.717, 1.165) is 5.56 Å². The van der Waals surface area contributed by atoms with E-state index < -0.39 is 6.36 Å². The van der Waals surface area contributed by atoms with Crippen LogP contribution in [0.2, 0.25) is 0 Å². The van der Waals surface area contributed by atoms with E-state index in [1.165, 1.54) is 36.4 Å². The summed E-state index contributed by atoms with van der Waals surface area (Å²) in [6, 6.07) is 11.3. The van der Waals surface area contributed by atoms with Gasteiger partial charge in [0.15, 0.2) is 5.96 Å². The Morgan fingerprint density at radius 2 is 1.87 bits per heavy atom. The maximum absolute atomic E-state index is 13.7. The Hall–Kier alpha value is -2.85. The van der Waals surface area contributed by atoms with Crippen molar-refractivity contribution >= 4 is 11.6 Å². The summed E-state index contributed by atoms with van der Waals surface area (Å²) in [5.41, 5.74) is 7.18. The Bertz CT molecular complexity index is 853. The van der Waals surface area contributed by atoms with E-state index in [1.807, 2.05) is 6.07 Å². The van der Waals surface area contributed by atoms with E-state index in [4.69, 9.17) is 10.5 Å². The Balaban J connectivity index is 1.67. The lowest BCUT2D eigenvalue weighted by Crippen LogP contribution is -2.40. The molecule has 0 spiro atoms. The molecular weight excluding hydrogens is 404 g/mol. The lowest BCUT2D eigenvalue weighted by Gasteiger charge is -2.34. The molecule has 1 unspecified atom stereocenters. The maximum atomic E-state index is 13.7. The van der Waals surface area contributed by atoms with Crippen molar-refractivity contribution in [3.8, 4) is 5.75 Å². The number of aliphatic imine (C=N–C) groups is 1. The van der Waals surface area contributed by atoms with Crippen molar-refractivity contribution in [2.24, 2.45) is 10.7 Å². The number of hydrogen-bond acceptors (Lipinski definition) is 4. The Morgan fingerprint density at radius 1 is 1.17 bits per heavy atom. The first-order valence-electron chi connectivity index (χ1n) is 9.30. The first-order valence-corrected chi connectivity index (χ1v) is 9.30. The summed E-state index contributed by atoms with van der Waals surface area (Å²) in [6.07, 6.45) is -4.75. The second-order valence-electron chi connectivity index (χ2n) is 6.64. The highest BCUT2D eigenvalue weighted by atomic mass is 19.4. The average molecular weight is 426 g/mol. The van der Waals surface area contributed by atoms with Crippen LogP contribution in [0.5, 0.6) is 5.75 Å². The van der Waals surface area contributed by atoms with Crippen LogP contribution in [0.3, 0.4) is 0 Å². The number of halogens is 4. The number of morpholine rings is 1. The van der Waals surface area contributed by atoms with Gasteiger partial charge in [0.2, 0.25) is 0 Å². The van der Waals surface area contributed by atoms with Crippen LogP contribution >= 0.6 is 0 Å². The smallest absolute Gasteiger partial charge is 0.406 e. The number of rotatable bonds is 6. The number of hydrogen-bond donors (Lipinski definition) is 2. The highest BCUT2D eigenvalue weighted by molar-refractivity contribution is 5.92. The summed E-state index contributed by atoms with van der Waals surface area (Å²) in [5.74, 6) is -0.571. The molecule has 10 heteroatoms. The minimum Gasteiger partial charge on any atom is -0.406 e. The standard InChI is InChI=1S/C20H22F4N4O2/c21-15-3-1-2-14(12-15)18(28-8-10-29-11-9-28)13-26-19(25)27-16-4-6-17(7-5-16)30-20(22,23)24/h1-7,12,18H,8-11,13H2,(H3,25,26,27). The number of alkyl halides is 3. The molecule has 6 nitrogen and oxygen atoms in total. The van der Waals surface area contributed by atoms with Crippen LogP contribution in [0.4, 0.5) is 23.2 Å². The minimum atomic E-state index is -4.75. The SMILES string of the molecule is NC(=NCC(c1cccc(F)c1)N1CCOCC1)Nc1ccc(OC(F)(F)F)cc1. The molecule has 1 heterocycles. The van der Waals surface area contributed by atoms with E-state index in [2.05, 4.69) is 19.9 Å². The highest BCUT2D eigenvalue weighted by Crippen LogP contribution is 2.25. The van der Waals surface area contributed by atoms with Crippen molar-refractivity contribution in [3.05, 3.63) is 59.9 Å². The van der Waals surface area contributed by atoms with Gasteiger partial charge in [0.25, 0.3) is 0 Å². The predicted molar refractivity (Wildman–Crippen MR) is 105 cm³/mol. The van der Waals surface area contributed by atoms with Crippen LogP contribution in [0.15, 0.2) is 53.5 Å². The summed E-state index contributed by atoms with van der Waals surface area (Å²) in [5, 5.41) is 2.83. The fourth-order valence-electron chi connectivity index (χ4n) is 3.15. The van der Waals surface area contributed by atoms with Gasteiger partial charge in [-0.05, 0) is 42.0 Å². The summed E-state index contributed by atoms with van der Waals surface area (Å²) in [4.78, 5) is 6.50. The van der Waals surface area contributed by atoms with Crippen LogP contribution in [0.1, 0.15) is 11.6 Å². The second-order valence-corrected chi connectivity index (χ2v) is 6.64. The minimum absolute atomic E-state index is 0.0918. The Labute approximate surface area is 171 Å². The third-order valence-electron chi connectivity index (χ3n) is 4.51. The van der Waals surface area contributed by atoms with Gasteiger partial charge in [-0.25, -0.2) is 4.39 Å². The fourth-order valence-corrected chi connectivity index (χ4v) is 3.15. The van der Waals surface area contributed by atoms with Crippen molar-refractivity contribution < 1.29 is 27.0 Å². The zero-order valence-electron chi connectivity index (χ0n) is 16.0. The van der Waals surface area contributed by atoms with Crippen molar-refractivity contribution in [1.29, 1.82) is 0 Å². The molecule has 0 amide bonds. The van der Waals surface area contributed by atoms with Gasteiger partial charge < -0.3 is 20.5 Å². The van der Waals surface area contributed by atoms with Crippen LogP contribution in [0.25, 0.3) is 0 Å². The van der Waals surface area contributed by atoms with E-state index in [0.29, 0.717) is 32.0 Å². The number of nitrogens with zero attached hydrogens (tertiary/aromatic N) is 2. The Kier molecular flexibility index (Phi) is 7.11. The molecule has 2 aromatic rings. The lowest BCUT2D eigenvalue weighted by molar-refractivity contribution is -0.274. The van der Waals surface area contributed by atoms with Crippen LogP contribution in [-0.2, 0) is 4.74 Å². The molecule has 162 valence electrons. The van der Waals surface area contributed by atoms with Gasteiger partial charge in [-0.1, -0.05) is 12.1 Å². The number of ether oxygens (including phenoxy) is 2. The lowest BCUT2D eigenvalue weighted by atomic mass is 10.0. The summed E-state index contributed by atoms with van der Waals surface area (Å²) >= 11 is 0. The first kappa shape index (κ1) is 21.8. The maximum Gasteiger partial charge on any atom is 0.573 e. The summed E-state index contributed by atoms with van der Waals surface area (Å²) < 4.78 is 59.6. The summed E-state index contributed by atoms with van der Waals surface area (Å²) in [7, 11) is 0. The molecule has 1 fully saturated rings. The quantitative estimate of drug-likeness (QED) is 0.420. The number of benzene rings is 2. The number of guanidine groups is 1. The second kappa shape index (κ2) is 9.77. The Morgan fingerprint density at radius 3 is 2.50 bits per heavy atom. The zero-order valence-corrected chi connectivity index (χ0v) is 16.0. The zero-order chi connectivity index (χ0) is 21.6. The van der Waals surface area contributed by atoms with Gasteiger partial charge >= 0.3 is 6.36 Å². The molecule has 1 aliphatic rings. The topological polar surface area (TPSA) is 72.1 Å². The van der Waals surface area contributed by atoms with E-state index in [1.54, 1.807) is 6.07 Å². The predicted octanol–water partition coefficient (Wildman–Crippen LogP) is 3.52. The molecule has 1 saturated heterocycles. The molecule has 3 N–H and O–H groups in total. The van der Waals surface area contributed by atoms with Gasteiger partial charge in [0.05, 0.1) is 25.8 Å². The molecule has 0 saturated carbocycles.